The first kappa shape index (κ1) is 24.1. The summed E-state index contributed by atoms with van der Waals surface area (Å²) in [4.78, 5) is 23.2. The molecule has 3 aromatic carbocycles. The molecule has 5 heteroatoms. The second-order valence-corrected chi connectivity index (χ2v) is 7.35. The van der Waals surface area contributed by atoms with Crippen molar-refractivity contribution in [1.29, 1.82) is 0 Å². The van der Waals surface area contributed by atoms with Crippen LogP contribution < -0.4 is 9.47 Å². The van der Waals surface area contributed by atoms with Gasteiger partial charge >= 0.3 is 11.9 Å². The van der Waals surface area contributed by atoms with Gasteiger partial charge in [0.1, 0.15) is 17.3 Å². The van der Waals surface area contributed by atoms with Gasteiger partial charge in [-0.25, -0.2) is 14.0 Å². The van der Waals surface area contributed by atoms with Crippen LogP contribution in [0.5, 0.6) is 11.5 Å². The molecule has 0 aliphatic rings. The van der Waals surface area contributed by atoms with E-state index in [0.29, 0.717) is 33.8 Å². The van der Waals surface area contributed by atoms with Crippen LogP contribution in [0.15, 0.2) is 91.5 Å². The summed E-state index contributed by atoms with van der Waals surface area (Å²) >= 11 is 0. The Bertz CT molecular complexity index is 1300. The number of hydrogen-bond donors (Lipinski definition) is 0. The molecule has 0 aliphatic heterocycles. The van der Waals surface area contributed by atoms with Gasteiger partial charge in [0.15, 0.2) is 0 Å². The maximum atomic E-state index is 14.7. The lowest BCUT2D eigenvalue weighted by molar-refractivity contribution is -0.130. The molecule has 0 aliphatic carbocycles. The average molecular weight is 454 g/mol. The van der Waals surface area contributed by atoms with E-state index in [1.165, 1.54) is 6.07 Å². The lowest BCUT2D eigenvalue weighted by Crippen LogP contribution is -2.08. The number of carbonyl (C=O) groups is 2. The number of benzene rings is 3. The lowest BCUT2D eigenvalue weighted by Gasteiger charge is -2.07. The molecule has 170 valence electrons. The van der Waals surface area contributed by atoms with Crippen LogP contribution >= 0.6 is 0 Å². The Morgan fingerprint density at radius 3 is 2.24 bits per heavy atom. The largest absolute Gasteiger partial charge is 0.423 e. The van der Waals surface area contributed by atoms with Crippen molar-refractivity contribution in [3.8, 4) is 11.5 Å². The zero-order valence-corrected chi connectivity index (χ0v) is 18.7. The molecule has 0 unspecified atom stereocenters. The third kappa shape index (κ3) is 6.74. The average Bonchev–Trinajstić information content (AvgIpc) is 2.83. The van der Waals surface area contributed by atoms with Gasteiger partial charge in [-0.2, -0.15) is 0 Å². The van der Waals surface area contributed by atoms with Crippen molar-refractivity contribution >= 4 is 36.2 Å². The van der Waals surface area contributed by atoms with Crippen LogP contribution in [0.4, 0.5) is 4.39 Å². The molecule has 0 amide bonds. The highest BCUT2D eigenvalue weighted by Gasteiger charge is 2.08. The highest BCUT2D eigenvalue weighted by molar-refractivity contribution is 5.89. The topological polar surface area (TPSA) is 52.6 Å². The standard InChI is InChI=1S/C29H23FO4/c1-4-28(31)33-25-10-7-8-21(18-25)12-15-23-16-13-22(19-26(23)30)14-17-24-9-5-6-11-27(24)34-29(32)20(2)3/h4-19H,1-2H2,3H3/b15-12+,17-14+. The van der Waals surface area contributed by atoms with E-state index in [9.17, 15) is 14.0 Å². The second kappa shape index (κ2) is 11.4. The molecule has 3 rings (SSSR count). The molecule has 0 fully saturated rings. The van der Waals surface area contributed by atoms with E-state index >= 15 is 0 Å². The summed E-state index contributed by atoms with van der Waals surface area (Å²) in [6, 6.07) is 18.8. The summed E-state index contributed by atoms with van der Waals surface area (Å²) in [5.41, 5.74) is 2.78. The monoisotopic (exact) mass is 454 g/mol. The maximum Gasteiger partial charge on any atom is 0.338 e. The van der Waals surface area contributed by atoms with Gasteiger partial charge in [-0.1, -0.05) is 79.9 Å². The van der Waals surface area contributed by atoms with Gasteiger partial charge in [-0.3, -0.25) is 0 Å². The Morgan fingerprint density at radius 2 is 1.53 bits per heavy atom. The molecule has 0 spiro atoms. The summed E-state index contributed by atoms with van der Waals surface area (Å²) in [5.74, 6) is -0.676. The molecule has 0 saturated carbocycles. The lowest BCUT2D eigenvalue weighted by atomic mass is 10.1. The van der Waals surface area contributed by atoms with Crippen LogP contribution in [0, 0.1) is 5.82 Å². The van der Waals surface area contributed by atoms with Crippen LogP contribution in [0.2, 0.25) is 0 Å². The predicted octanol–water partition coefficient (Wildman–Crippen LogP) is 6.74. The SMILES string of the molecule is C=CC(=O)Oc1cccc(/C=C/c2ccc(/C=C/c3ccccc3OC(=O)C(=C)C)cc2F)c1. The number of carbonyl (C=O) groups excluding carboxylic acids is 2. The van der Waals surface area contributed by atoms with Gasteiger partial charge in [0.05, 0.1) is 0 Å². The van der Waals surface area contributed by atoms with Gasteiger partial charge in [0, 0.05) is 22.8 Å². The zero-order chi connectivity index (χ0) is 24.5. The summed E-state index contributed by atoms with van der Waals surface area (Å²) < 4.78 is 25.1. The molecule has 4 nitrogen and oxygen atoms in total. The molecule has 34 heavy (non-hydrogen) atoms. The predicted molar refractivity (Wildman–Crippen MR) is 133 cm³/mol. The number of halogens is 1. The summed E-state index contributed by atoms with van der Waals surface area (Å²) in [6.07, 6.45) is 7.94. The Balaban J connectivity index is 1.74. The third-order valence-electron chi connectivity index (χ3n) is 4.65. The van der Waals surface area contributed by atoms with Crippen LogP contribution in [0.1, 0.15) is 29.2 Å². The molecular weight excluding hydrogens is 431 g/mol. The minimum Gasteiger partial charge on any atom is -0.423 e. The zero-order valence-electron chi connectivity index (χ0n) is 18.7. The molecule has 0 bridgehead atoms. The highest BCUT2D eigenvalue weighted by atomic mass is 19.1. The van der Waals surface area contributed by atoms with Crippen LogP contribution in [0.3, 0.4) is 0 Å². The molecule has 0 N–H and O–H groups in total. The van der Waals surface area contributed by atoms with E-state index in [1.54, 1.807) is 79.8 Å². The number of para-hydroxylation sites is 1. The summed E-state index contributed by atoms with van der Waals surface area (Å²) in [6.45, 7) is 8.53. The number of hydrogen-bond acceptors (Lipinski definition) is 4. The van der Waals surface area contributed by atoms with Gasteiger partial charge in [-0.15, -0.1) is 0 Å². The molecule has 0 radical (unpaired) electrons. The van der Waals surface area contributed by atoms with E-state index in [-0.39, 0.29) is 0 Å². The van der Waals surface area contributed by atoms with Crippen LogP contribution in [0.25, 0.3) is 24.3 Å². The third-order valence-corrected chi connectivity index (χ3v) is 4.65. The Hall–Kier alpha value is -4.51. The first-order chi connectivity index (χ1) is 16.4. The first-order valence-electron chi connectivity index (χ1n) is 10.4. The molecular formula is C29H23FO4. The minimum atomic E-state index is -0.549. The normalized spacial score (nSPS) is 10.9. The van der Waals surface area contributed by atoms with E-state index in [4.69, 9.17) is 9.47 Å². The maximum absolute atomic E-state index is 14.7. The van der Waals surface area contributed by atoms with Gasteiger partial charge in [-0.05, 0) is 42.3 Å². The molecule has 0 saturated heterocycles. The van der Waals surface area contributed by atoms with Crippen molar-refractivity contribution in [3.63, 3.8) is 0 Å². The van der Waals surface area contributed by atoms with E-state index < -0.39 is 17.8 Å². The van der Waals surface area contributed by atoms with Gasteiger partial charge < -0.3 is 9.47 Å². The van der Waals surface area contributed by atoms with E-state index in [2.05, 4.69) is 13.2 Å². The van der Waals surface area contributed by atoms with Gasteiger partial charge in [0.25, 0.3) is 0 Å². The van der Waals surface area contributed by atoms with Crippen molar-refractivity contribution in [2.45, 2.75) is 6.92 Å². The fourth-order valence-corrected chi connectivity index (χ4v) is 2.89. The molecule has 0 atom stereocenters. The Labute approximate surface area is 198 Å². The second-order valence-electron chi connectivity index (χ2n) is 7.35. The molecule has 0 heterocycles. The first-order valence-corrected chi connectivity index (χ1v) is 10.4. The van der Waals surface area contributed by atoms with Crippen LogP contribution in [-0.4, -0.2) is 11.9 Å². The summed E-state index contributed by atoms with van der Waals surface area (Å²) in [5, 5.41) is 0. The number of ether oxygens (including phenoxy) is 2. The summed E-state index contributed by atoms with van der Waals surface area (Å²) in [7, 11) is 0. The van der Waals surface area contributed by atoms with E-state index in [0.717, 1.165) is 11.6 Å². The number of esters is 2. The molecule has 0 aromatic heterocycles. The Morgan fingerprint density at radius 1 is 0.824 bits per heavy atom. The fourth-order valence-electron chi connectivity index (χ4n) is 2.89. The fraction of sp³-hybridized carbons (Fsp3) is 0.0345. The van der Waals surface area contributed by atoms with Crippen molar-refractivity contribution in [2.24, 2.45) is 0 Å². The Kier molecular flexibility index (Phi) is 8.08. The minimum absolute atomic E-state index is 0.300. The van der Waals surface area contributed by atoms with Crippen molar-refractivity contribution in [2.75, 3.05) is 0 Å². The highest BCUT2D eigenvalue weighted by Crippen LogP contribution is 2.23. The van der Waals surface area contributed by atoms with Crippen molar-refractivity contribution in [1.82, 2.24) is 0 Å². The van der Waals surface area contributed by atoms with Crippen molar-refractivity contribution in [3.05, 3.63) is 120 Å². The quantitative estimate of drug-likeness (QED) is 0.164. The van der Waals surface area contributed by atoms with Gasteiger partial charge in [0.2, 0.25) is 0 Å². The van der Waals surface area contributed by atoms with Crippen LogP contribution in [-0.2, 0) is 9.59 Å². The van der Waals surface area contributed by atoms with E-state index in [1.807, 2.05) is 12.1 Å². The molecule has 3 aromatic rings. The van der Waals surface area contributed by atoms with Crippen molar-refractivity contribution < 1.29 is 23.5 Å². The smallest absolute Gasteiger partial charge is 0.338 e. The number of rotatable bonds is 8.